The zero-order chi connectivity index (χ0) is 30.0. The Labute approximate surface area is 244 Å². The van der Waals surface area contributed by atoms with E-state index in [0.717, 1.165) is 22.9 Å². The van der Waals surface area contributed by atoms with Crippen LogP contribution < -0.4 is 14.4 Å². The smallest absolute Gasteiger partial charge is 0.243 e. The van der Waals surface area contributed by atoms with Gasteiger partial charge < -0.3 is 15.0 Å². The SMILES string of the molecule is COc1ccc(N(CCCC(=O)N(Cc2ccc(C)cc2)[C@H](Cc2ccccc2)C(=O)NC(C)C)S(C)(=O)=O)cc1. The average molecular weight is 580 g/mol. The third-order valence-electron chi connectivity index (χ3n) is 6.69. The summed E-state index contributed by atoms with van der Waals surface area (Å²) in [5, 5.41) is 2.99. The molecule has 3 aromatic rings. The van der Waals surface area contributed by atoms with Crippen LogP contribution in [0.2, 0.25) is 0 Å². The fourth-order valence-corrected chi connectivity index (χ4v) is 5.54. The van der Waals surface area contributed by atoms with E-state index in [1.807, 2.05) is 75.4 Å². The maximum Gasteiger partial charge on any atom is 0.243 e. The molecule has 0 saturated carbocycles. The van der Waals surface area contributed by atoms with Crippen LogP contribution in [0.4, 0.5) is 5.69 Å². The minimum absolute atomic E-state index is 0.0777. The molecule has 0 fully saturated rings. The van der Waals surface area contributed by atoms with Crippen molar-refractivity contribution in [2.24, 2.45) is 0 Å². The second-order valence-electron chi connectivity index (χ2n) is 10.5. The Hall–Kier alpha value is -3.85. The van der Waals surface area contributed by atoms with Gasteiger partial charge in [-0.15, -0.1) is 0 Å². The molecule has 9 heteroatoms. The van der Waals surface area contributed by atoms with Gasteiger partial charge in [0.25, 0.3) is 0 Å². The topological polar surface area (TPSA) is 96.0 Å². The molecule has 1 atom stereocenters. The highest BCUT2D eigenvalue weighted by atomic mass is 32.2. The van der Waals surface area contributed by atoms with Gasteiger partial charge in [-0.25, -0.2) is 8.42 Å². The number of ether oxygens (including phenoxy) is 1. The Morgan fingerprint density at radius 3 is 2.10 bits per heavy atom. The Bertz CT molecular complexity index is 1380. The molecule has 0 unspecified atom stereocenters. The highest BCUT2D eigenvalue weighted by Crippen LogP contribution is 2.23. The van der Waals surface area contributed by atoms with Crippen molar-refractivity contribution in [2.75, 3.05) is 24.2 Å². The molecule has 0 aliphatic rings. The van der Waals surface area contributed by atoms with E-state index in [2.05, 4.69) is 5.32 Å². The number of hydrogen-bond donors (Lipinski definition) is 1. The molecule has 0 bridgehead atoms. The highest BCUT2D eigenvalue weighted by Gasteiger charge is 2.31. The van der Waals surface area contributed by atoms with Gasteiger partial charge in [0, 0.05) is 32.0 Å². The predicted molar refractivity (Wildman–Crippen MR) is 163 cm³/mol. The first kappa shape index (κ1) is 31.7. The number of nitrogens with zero attached hydrogens (tertiary/aromatic N) is 2. The van der Waals surface area contributed by atoms with Crippen LogP contribution in [0.5, 0.6) is 5.75 Å². The third-order valence-corrected chi connectivity index (χ3v) is 7.88. The summed E-state index contributed by atoms with van der Waals surface area (Å²) in [4.78, 5) is 29.0. The molecule has 0 spiro atoms. The molecule has 8 nitrogen and oxygen atoms in total. The number of methoxy groups -OCH3 is 1. The number of sulfonamides is 1. The normalized spacial score (nSPS) is 12.0. The molecule has 0 aliphatic heterocycles. The van der Waals surface area contributed by atoms with Crippen LogP contribution in [0.15, 0.2) is 78.9 Å². The van der Waals surface area contributed by atoms with E-state index in [4.69, 9.17) is 4.74 Å². The molecule has 2 amide bonds. The lowest BCUT2D eigenvalue weighted by atomic mass is 10.0. The first-order valence-corrected chi connectivity index (χ1v) is 15.6. The molecule has 3 aromatic carbocycles. The largest absolute Gasteiger partial charge is 0.497 e. The maximum absolute atomic E-state index is 13.8. The summed E-state index contributed by atoms with van der Waals surface area (Å²) in [6, 6.07) is 23.5. The van der Waals surface area contributed by atoms with Crippen molar-refractivity contribution >= 4 is 27.5 Å². The lowest BCUT2D eigenvalue weighted by Crippen LogP contribution is -2.51. The lowest BCUT2D eigenvalue weighted by Gasteiger charge is -2.32. The first-order valence-electron chi connectivity index (χ1n) is 13.8. The molecule has 41 heavy (non-hydrogen) atoms. The second kappa shape index (κ2) is 14.7. The predicted octanol–water partition coefficient (Wildman–Crippen LogP) is 4.71. The molecule has 3 rings (SSSR count). The van der Waals surface area contributed by atoms with E-state index in [0.29, 0.717) is 17.9 Å². The van der Waals surface area contributed by atoms with Crippen molar-refractivity contribution < 1.29 is 22.7 Å². The Morgan fingerprint density at radius 1 is 0.902 bits per heavy atom. The number of carbonyl (C=O) groups is 2. The van der Waals surface area contributed by atoms with E-state index in [1.54, 1.807) is 36.3 Å². The quantitative estimate of drug-likeness (QED) is 0.298. The van der Waals surface area contributed by atoms with Gasteiger partial charge in [-0.1, -0.05) is 60.2 Å². The van der Waals surface area contributed by atoms with Gasteiger partial charge in [-0.3, -0.25) is 13.9 Å². The number of rotatable bonds is 14. The summed E-state index contributed by atoms with van der Waals surface area (Å²) in [7, 11) is -2.04. The molecular formula is C32H41N3O5S. The molecule has 0 aliphatic carbocycles. The van der Waals surface area contributed by atoms with E-state index in [9.17, 15) is 18.0 Å². The molecule has 220 valence electrons. The monoisotopic (exact) mass is 579 g/mol. The fourth-order valence-electron chi connectivity index (χ4n) is 4.58. The van der Waals surface area contributed by atoms with Crippen molar-refractivity contribution in [1.29, 1.82) is 0 Å². The zero-order valence-electron chi connectivity index (χ0n) is 24.5. The highest BCUT2D eigenvalue weighted by molar-refractivity contribution is 7.92. The van der Waals surface area contributed by atoms with Gasteiger partial charge in [0.05, 0.1) is 19.1 Å². The average Bonchev–Trinajstić information content (AvgIpc) is 2.93. The third kappa shape index (κ3) is 9.63. The minimum atomic E-state index is -3.59. The number of hydrogen-bond acceptors (Lipinski definition) is 5. The fraction of sp³-hybridized carbons (Fsp3) is 0.375. The van der Waals surface area contributed by atoms with Crippen LogP contribution >= 0.6 is 0 Å². The van der Waals surface area contributed by atoms with Crippen LogP contribution in [0.3, 0.4) is 0 Å². The molecule has 0 aromatic heterocycles. The van der Waals surface area contributed by atoms with Crippen molar-refractivity contribution in [3.8, 4) is 5.75 Å². The zero-order valence-corrected chi connectivity index (χ0v) is 25.4. The number of amides is 2. The summed E-state index contributed by atoms with van der Waals surface area (Å²) in [5.74, 6) is 0.183. The summed E-state index contributed by atoms with van der Waals surface area (Å²) < 4.78 is 31.7. The van der Waals surface area contributed by atoms with Crippen LogP contribution in [0.1, 0.15) is 43.4 Å². The summed E-state index contributed by atoms with van der Waals surface area (Å²) >= 11 is 0. The van der Waals surface area contributed by atoms with Crippen LogP contribution in [0.25, 0.3) is 0 Å². The maximum atomic E-state index is 13.8. The number of anilines is 1. The van der Waals surface area contributed by atoms with Crippen molar-refractivity contribution in [1.82, 2.24) is 10.2 Å². The summed E-state index contributed by atoms with van der Waals surface area (Å²) in [5.41, 5.74) is 3.45. The standard InChI is InChI=1S/C32H41N3O5S/c1-24(2)33-32(37)30(22-26-10-7-6-8-11-26)34(23-27-15-13-25(3)14-16-27)31(36)12-9-21-35(41(5,38)39)28-17-19-29(40-4)20-18-28/h6-8,10-11,13-20,24,30H,9,12,21-23H2,1-5H3,(H,33,37)/t30-/m1/s1. The van der Waals surface area contributed by atoms with E-state index in [-0.39, 0.29) is 43.8 Å². The van der Waals surface area contributed by atoms with Crippen LogP contribution in [-0.4, -0.2) is 57.1 Å². The molecule has 0 heterocycles. The Kier molecular flexibility index (Phi) is 11.3. The van der Waals surface area contributed by atoms with Crippen molar-refractivity contribution in [2.45, 2.75) is 58.7 Å². The Balaban J connectivity index is 1.86. The lowest BCUT2D eigenvalue weighted by molar-refractivity contribution is -0.141. The van der Waals surface area contributed by atoms with E-state index >= 15 is 0 Å². The van der Waals surface area contributed by atoms with Crippen LogP contribution in [-0.2, 0) is 32.6 Å². The van der Waals surface area contributed by atoms with Gasteiger partial charge >= 0.3 is 0 Å². The van der Waals surface area contributed by atoms with Gasteiger partial charge in [-0.05, 0) is 62.6 Å². The second-order valence-corrected chi connectivity index (χ2v) is 12.4. The van der Waals surface area contributed by atoms with E-state index in [1.165, 1.54) is 4.31 Å². The van der Waals surface area contributed by atoms with Gasteiger partial charge in [0.15, 0.2) is 0 Å². The number of nitrogens with one attached hydrogen (secondary N) is 1. The molecular weight excluding hydrogens is 538 g/mol. The van der Waals surface area contributed by atoms with Crippen LogP contribution in [0, 0.1) is 6.92 Å². The van der Waals surface area contributed by atoms with Gasteiger partial charge in [0.2, 0.25) is 21.8 Å². The minimum Gasteiger partial charge on any atom is -0.497 e. The van der Waals surface area contributed by atoms with E-state index < -0.39 is 16.1 Å². The van der Waals surface area contributed by atoms with Crippen molar-refractivity contribution in [3.05, 3.63) is 95.6 Å². The Morgan fingerprint density at radius 2 is 1.54 bits per heavy atom. The summed E-state index contributed by atoms with van der Waals surface area (Å²) in [6.45, 7) is 6.16. The summed E-state index contributed by atoms with van der Waals surface area (Å²) in [6.07, 6.45) is 1.87. The van der Waals surface area contributed by atoms with Gasteiger partial charge in [0.1, 0.15) is 11.8 Å². The molecule has 0 radical (unpaired) electrons. The number of carbonyl (C=O) groups excluding carboxylic acids is 2. The van der Waals surface area contributed by atoms with Crippen molar-refractivity contribution in [3.63, 3.8) is 0 Å². The molecule has 1 N–H and O–H groups in total. The first-order chi connectivity index (χ1) is 19.5. The number of aryl methyl sites for hydroxylation is 1. The molecule has 0 saturated heterocycles. The van der Waals surface area contributed by atoms with Gasteiger partial charge in [-0.2, -0.15) is 0 Å². The number of benzene rings is 3.